The van der Waals surface area contributed by atoms with Gasteiger partial charge in [-0.25, -0.2) is 4.79 Å². The van der Waals surface area contributed by atoms with E-state index in [1.807, 2.05) is 42.5 Å². The number of hydrogen-bond donors (Lipinski definition) is 2. The summed E-state index contributed by atoms with van der Waals surface area (Å²) in [4.78, 5) is 21.4. The molecule has 6 unspecified atom stereocenters. The molecule has 12 nitrogen and oxygen atoms in total. The molecule has 0 saturated heterocycles. The quantitative estimate of drug-likeness (QED) is 0.0779. The Hall–Kier alpha value is -5.04. The topological polar surface area (TPSA) is 138 Å². The van der Waals surface area contributed by atoms with E-state index in [9.17, 15) is 15.0 Å². The van der Waals surface area contributed by atoms with Gasteiger partial charge in [0.1, 0.15) is 30.4 Å². The van der Waals surface area contributed by atoms with E-state index in [1.165, 1.54) is 19.8 Å². The van der Waals surface area contributed by atoms with Crippen molar-refractivity contribution in [1.29, 1.82) is 0 Å². The zero-order valence-electron chi connectivity index (χ0n) is 34.0. The maximum atomic E-state index is 14.2. The molecule has 310 valence electrons. The normalized spacial score (nSPS) is 24.6. The van der Waals surface area contributed by atoms with Crippen molar-refractivity contribution in [2.24, 2.45) is 22.9 Å². The van der Waals surface area contributed by atoms with Gasteiger partial charge in [0.05, 0.1) is 25.3 Å². The van der Waals surface area contributed by atoms with Crippen LogP contribution in [0.25, 0.3) is 0 Å². The third-order valence-electron chi connectivity index (χ3n) is 12.1. The minimum Gasteiger partial charge on any atom is -0.459 e. The maximum Gasteiger partial charge on any atom is 0.410 e. The highest BCUT2D eigenvalue weighted by Crippen LogP contribution is 2.62. The number of fused-ring (bicyclic) bond motifs is 3. The molecular formula is C46H56N2O10. The maximum absolute atomic E-state index is 14.2. The summed E-state index contributed by atoms with van der Waals surface area (Å²) in [5, 5.41) is 24.4. The number of aliphatic hydroxyl groups excluding tert-OH is 2. The van der Waals surface area contributed by atoms with Gasteiger partial charge in [-0.3, -0.25) is 4.90 Å². The van der Waals surface area contributed by atoms with Crippen molar-refractivity contribution in [2.75, 3.05) is 40.8 Å². The number of rotatable bonds is 17. The summed E-state index contributed by atoms with van der Waals surface area (Å²) in [6, 6.07) is 16.9. The van der Waals surface area contributed by atoms with E-state index in [2.05, 4.69) is 43.8 Å². The highest BCUT2D eigenvalue weighted by molar-refractivity contribution is 6.03. The number of methoxy groups -OCH3 is 1. The van der Waals surface area contributed by atoms with Crippen molar-refractivity contribution in [2.45, 2.75) is 83.1 Å². The lowest BCUT2D eigenvalue weighted by Crippen LogP contribution is -2.70. The van der Waals surface area contributed by atoms with Crippen LogP contribution < -0.4 is 18.9 Å². The van der Waals surface area contributed by atoms with Gasteiger partial charge in [0.15, 0.2) is 11.5 Å². The molecule has 4 aliphatic rings. The van der Waals surface area contributed by atoms with Gasteiger partial charge < -0.3 is 43.5 Å². The number of allylic oxidation sites excluding steroid dienone is 1. The van der Waals surface area contributed by atoms with Gasteiger partial charge in [0.2, 0.25) is 12.6 Å². The standard InChI is InChI=1S/C46H56N2O10/c1-6-21-56-46-42(48(45(51)52-4)27-31-14-17-40-41(23-31)55-28-54-40)26-38(47-53-5)36-24-32(11-7-9-19-49)35(12-8-10-20-50)43(44(36)46)37-25-34(16-18-39(37)58-46)57-33-15-13-29(2)30(3)22-33/h6,13-18,22-25,32,35,42-44,49-50H,1,7-12,19-21,26-28H2,2-5H3. The highest BCUT2D eigenvalue weighted by Gasteiger charge is 2.65. The van der Waals surface area contributed by atoms with Gasteiger partial charge in [-0.1, -0.05) is 42.3 Å². The molecule has 0 spiro atoms. The number of aryl methyl sites for hydroxylation is 2. The van der Waals surface area contributed by atoms with Crippen LogP contribution in [0, 0.1) is 31.6 Å². The van der Waals surface area contributed by atoms with Crippen molar-refractivity contribution >= 4 is 11.8 Å². The first-order valence-electron chi connectivity index (χ1n) is 20.3. The summed E-state index contributed by atoms with van der Waals surface area (Å²) in [5.41, 5.74) is 5.72. The molecule has 0 bridgehead atoms. The van der Waals surface area contributed by atoms with E-state index >= 15 is 0 Å². The minimum absolute atomic E-state index is 0.0631. The second-order valence-electron chi connectivity index (χ2n) is 15.6. The summed E-state index contributed by atoms with van der Waals surface area (Å²) >= 11 is 0. The first-order chi connectivity index (χ1) is 28.2. The number of carbonyl (C=O) groups is 1. The molecule has 1 saturated carbocycles. The van der Waals surface area contributed by atoms with Gasteiger partial charge in [0, 0.05) is 37.7 Å². The molecule has 6 atom stereocenters. The molecule has 3 aromatic rings. The molecule has 2 aliphatic carbocycles. The predicted molar refractivity (Wildman–Crippen MR) is 218 cm³/mol. The van der Waals surface area contributed by atoms with Crippen LogP contribution in [0.1, 0.15) is 73.1 Å². The number of amides is 1. The lowest BCUT2D eigenvalue weighted by molar-refractivity contribution is -0.256. The number of oxime groups is 1. The fourth-order valence-electron chi connectivity index (χ4n) is 9.39. The lowest BCUT2D eigenvalue weighted by Gasteiger charge is -2.59. The number of hydrogen-bond acceptors (Lipinski definition) is 11. The molecule has 0 radical (unpaired) electrons. The Bertz CT molecular complexity index is 2010. The molecule has 2 heterocycles. The van der Waals surface area contributed by atoms with Crippen LogP contribution in [0.3, 0.4) is 0 Å². The number of aliphatic hydroxyl groups is 2. The largest absolute Gasteiger partial charge is 0.459 e. The van der Waals surface area contributed by atoms with Gasteiger partial charge in [-0.15, -0.1) is 6.58 Å². The van der Waals surface area contributed by atoms with Crippen LogP contribution in [0.15, 0.2) is 84.1 Å². The Labute approximate surface area is 341 Å². The average molecular weight is 797 g/mol. The molecule has 58 heavy (non-hydrogen) atoms. The van der Waals surface area contributed by atoms with E-state index in [4.69, 9.17) is 33.3 Å². The third-order valence-corrected chi connectivity index (χ3v) is 12.1. The Morgan fingerprint density at radius 1 is 0.931 bits per heavy atom. The molecule has 2 aliphatic heterocycles. The molecule has 2 N–H and O–H groups in total. The molecule has 0 aromatic heterocycles. The smallest absolute Gasteiger partial charge is 0.410 e. The molecular weight excluding hydrogens is 741 g/mol. The number of benzene rings is 3. The fraction of sp³-hybridized carbons (Fsp3) is 0.478. The Morgan fingerprint density at radius 2 is 1.67 bits per heavy atom. The Kier molecular flexibility index (Phi) is 13.0. The molecule has 12 heteroatoms. The van der Waals surface area contributed by atoms with Gasteiger partial charge in [-0.2, -0.15) is 0 Å². The number of nitrogens with zero attached hydrogens (tertiary/aromatic N) is 2. The Morgan fingerprint density at radius 3 is 2.41 bits per heavy atom. The summed E-state index contributed by atoms with van der Waals surface area (Å²) in [5.74, 6) is 1.32. The number of unbranched alkanes of at least 4 members (excludes halogenated alkanes) is 2. The Balaban J connectivity index is 1.42. The van der Waals surface area contributed by atoms with Gasteiger partial charge in [-0.05, 0) is 116 Å². The van der Waals surface area contributed by atoms with E-state index in [-0.39, 0.29) is 57.3 Å². The molecule has 7 rings (SSSR count). The van der Waals surface area contributed by atoms with Crippen molar-refractivity contribution in [1.82, 2.24) is 4.90 Å². The second-order valence-corrected chi connectivity index (χ2v) is 15.6. The third kappa shape index (κ3) is 8.15. The van der Waals surface area contributed by atoms with E-state index < -0.39 is 23.8 Å². The predicted octanol–water partition coefficient (Wildman–Crippen LogP) is 8.36. The van der Waals surface area contributed by atoms with Crippen molar-refractivity contribution < 1.29 is 48.3 Å². The van der Waals surface area contributed by atoms with Gasteiger partial charge in [0.25, 0.3) is 0 Å². The monoisotopic (exact) mass is 796 g/mol. The summed E-state index contributed by atoms with van der Waals surface area (Å²) in [6.45, 7) is 8.78. The van der Waals surface area contributed by atoms with Crippen LogP contribution in [-0.2, 0) is 20.9 Å². The molecule has 1 amide bonds. The van der Waals surface area contributed by atoms with Gasteiger partial charge >= 0.3 is 6.09 Å². The van der Waals surface area contributed by atoms with Crippen LogP contribution >= 0.6 is 0 Å². The molecule has 3 aromatic carbocycles. The van der Waals surface area contributed by atoms with Crippen molar-refractivity contribution in [3.05, 3.63) is 101 Å². The number of ether oxygens (including phenoxy) is 6. The van der Waals surface area contributed by atoms with Crippen LogP contribution in [0.2, 0.25) is 0 Å². The first kappa shape index (κ1) is 41.1. The highest BCUT2D eigenvalue weighted by atomic mass is 16.7. The fourth-order valence-corrected chi connectivity index (χ4v) is 9.39. The summed E-state index contributed by atoms with van der Waals surface area (Å²) < 4.78 is 37.7. The zero-order chi connectivity index (χ0) is 40.8. The van der Waals surface area contributed by atoms with E-state index in [0.29, 0.717) is 41.6 Å². The minimum atomic E-state index is -1.43. The van der Waals surface area contributed by atoms with Crippen LogP contribution in [-0.4, -0.2) is 79.6 Å². The zero-order valence-corrected chi connectivity index (χ0v) is 34.0. The van der Waals surface area contributed by atoms with Crippen molar-refractivity contribution in [3.8, 4) is 28.7 Å². The van der Waals surface area contributed by atoms with Crippen LogP contribution in [0.5, 0.6) is 28.7 Å². The average Bonchev–Trinajstić information content (AvgIpc) is 3.70. The lowest BCUT2D eigenvalue weighted by atomic mass is 9.55. The first-order valence-corrected chi connectivity index (χ1v) is 20.3. The SMILES string of the molecule is C=CCOC12Oc3ccc(Oc4ccc(C)c(C)c4)cc3C3C(CCCCO)C(CCCCO)C=C(C(=NOC)CC1N(Cc1ccc4c(c1)OCO4)C(=O)OC)C32. The van der Waals surface area contributed by atoms with E-state index in [0.717, 1.165) is 53.7 Å². The second kappa shape index (κ2) is 18.3. The van der Waals surface area contributed by atoms with E-state index in [1.54, 1.807) is 11.0 Å². The van der Waals surface area contributed by atoms with Crippen LogP contribution in [0.4, 0.5) is 4.79 Å². The molecule has 1 fully saturated rings. The number of carbonyl (C=O) groups excluding carboxylic acids is 1. The van der Waals surface area contributed by atoms with Crippen molar-refractivity contribution in [3.63, 3.8) is 0 Å². The summed E-state index contributed by atoms with van der Waals surface area (Å²) in [7, 11) is 2.90. The summed E-state index contributed by atoms with van der Waals surface area (Å²) in [6.07, 6.45) is 8.33.